The Hall–Kier alpha value is -1.63. The molecule has 0 N–H and O–H groups in total. The molecule has 106 valence electrons. The molecule has 6 nitrogen and oxygen atoms in total. The van der Waals surface area contributed by atoms with E-state index >= 15 is 0 Å². The van der Waals surface area contributed by atoms with Gasteiger partial charge >= 0.3 is 0 Å². The third-order valence-electron chi connectivity index (χ3n) is 3.41. The molecule has 1 atom stereocenters. The van der Waals surface area contributed by atoms with Crippen LogP contribution in [0.5, 0.6) is 0 Å². The summed E-state index contributed by atoms with van der Waals surface area (Å²) in [5, 5.41) is 4.55. The third-order valence-corrected chi connectivity index (χ3v) is 4.70. The van der Waals surface area contributed by atoms with E-state index in [2.05, 4.69) is 22.0 Å². The van der Waals surface area contributed by atoms with Gasteiger partial charge in [-0.1, -0.05) is 13.3 Å². The first-order valence-corrected chi connectivity index (χ1v) is 7.86. The van der Waals surface area contributed by atoms with Gasteiger partial charge in [-0.15, -0.1) is 16.9 Å². The molecule has 0 radical (unpaired) electrons. The maximum atomic E-state index is 12.6. The Bertz CT molecular complexity index is 641. The highest BCUT2D eigenvalue weighted by atomic mass is 32.2. The van der Waals surface area contributed by atoms with Gasteiger partial charge in [0, 0.05) is 24.2 Å². The average Bonchev–Trinajstić information content (AvgIpc) is 3.05. The van der Waals surface area contributed by atoms with Gasteiger partial charge < -0.3 is 4.90 Å². The molecule has 1 unspecified atom stereocenters. The van der Waals surface area contributed by atoms with Gasteiger partial charge in [0.2, 0.25) is 5.82 Å². The third kappa shape index (κ3) is 2.26. The van der Waals surface area contributed by atoms with Gasteiger partial charge in [-0.2, -0.15) is 4.98 Å². The summed E-state index contributed by atoms with van der Waals surface area (Å²) in [5.74, 6) is 1.63. The number of thioether (sulfide) groups is 1. The number of amides is 1. The van der Waals surface area contributed by atoms with Gasteiger partial charge in [-0.3, -0.25) is 4.79 Å². The molecule has 2 aromatic heterocycles. The zero-order valence-corrected chi connectivity index (χ0v) is 12.4. The molecule has 0 aromatic carbocycles. The Kier molecular flexibility index (Phi) is 3.60. The van der Waals surface area contributed by atoms with Crippen LogP contribution in [0.15, 0.2) is 12.3 Å². The predicted molar refractivity (Wildman–Crippen MR) is 77.7 cm³/mol. The molecule has 1 saturated heterocycles. The lowest BCUT2D eigenvalue weighted by Crippen LogP contribution is -2.35. The Balaban J connectivity index is 1.90. The van der Waals surface area contributed by atoms with Crippen molar-refractivity contribution in [3.63, 3.8) is 0 Å². The molecule has 1 aliphatic heterocycles. The molecular formula is C13H17N5OS. The van der Waals surface area contributed by atoms with Crippen molar-refractivity contribution in [1.82, 2.24) is 24.5 Å². The van der Waals surface area contributed by atoms with Crippen molar-refractivity contribution in [2.24, 2.45) is 0 Å². The van der Waals surface area contributed by atoms with Crippen LogP contribution in [-0.2, 0) is 0 Å². The van der Waals surface area contributed by atoms with Crippen molar-refractivity contribution in [1.29, 1.82) is 0 Å². The SMILES string of the molecule is CCCC1SCCN1C(=O)c1nc2nccc(C)n2n1. The van der Waals surface area contributed by atoms with Crippen LogP contribution in [0.25, 0.3) is 5.78 Å². The second-order valence-corrected chi connectivity index (χ2v) is 6.13. The van der Waals surface area contributed by atoms with Crippen LogP contribution in [0.3, 0.4) is 0 Å². The second-order valence-electron chi connectivity index (χ2n) is 4.85. The van der Waals surface area contributed by atoms with Crippen LogP contribution in [0, 0.1) is 6.92 Å². The summed E-state index contributed by atoms with van der Waals surface area (Å²) in [6.07, 6.45) is 3.76. The minimum Gasteiger partial charge on any atom is -0.323 e. The van der Waals surface area contributed by atoms with Gasteiger partial charge in [-0.05, 0) is 19.4 Å². The van der Waals surface area contributed by atoms with Gasteiger partial charge in [0.1, 0.15) is 0 Å². The fourth-order valence-electron chi connectivity index (χ4n) is 2.36. The number of hydrogen-bond donors (Lipinski definition) is 0. The normalized spacial score (nSPS) is 18.9. The fraction of sp³-hybridized carbons (Fsp3) is 0.538. The van der Waals surface area contributed by atoms with Gasteiger partial charge in [-0.25, -0.2) is 9.50 Å². The monoisotopic (exact) mass is 291 g/mol. The highest BCUT2D eigenvalue weighted by molar-refractivity contribution is 8.00. The van der Waals surface area contributed by atoms with E-state index in [-0.39, 0.29) is 17.1 Å². The molecule has 1 amide bonds. The van der Waals surface area contributed by atoms with Crippen LogP contribution < -0.4 is 0 Å². The van der Waals surface area contributed by atoms with Crippen molar-refractivity contribution in [2.75, 3.05) is 12.3 Å². The number of carbonyl (C=O) groups excluding carboxylic acids is 1. The van der Waals surface area contributed by atoms with Crippen molar-refractivity contribution >= 4 is 23.4 Å². The van der Waals surface area contributed by atoms with Crippen LogP contribution in [0.1, 0.15) is 36.1 Å². The minimum atomic E-state index is -0.0849. The smallest absolute Gasteiger partial charge is 0.294 e. The number of hydrogen-bond acceptors (Lipinski definition) is 5. The van der Waals surface area contributed by atoms with E-state index in [4.69, 9.17) is 0 Å². The van der Waals surface area contributed by atoms with Crippen molar-refractivity contribution in [3.05, 3.63) is 23.8 Å². The van der Waals surface area contributed by atoms with E-state index < -0.39 is 0 Å². The molecule has 3 rings (SSSR count). The first-order valence-electron chi connectivity index (χ1n) is 6.81. The summed E-state index contributed by atoms with van der Waals surface area (Å²) in [7, 11) is 0. The fourth-order valence-corrected chi connectivity index (χ4v) is 3.72. The molecule has 20 heavy (non-hydrogen) atoms. The summed E-state index contributed by atoms with van der Waals surface area (Å²) < 4.78 is 1.62. The number of fused-ring (bicyclic) bond motifs is 1. The number of carbonyl (C=O) groups is 1. The molecule has 2 aromatic rings. The maximum absolute atomic E-state index is 12.6. The summed E-state index contributed by atoms with van der Waals surface area (Å²) in [4.78, 5) is 22.8. The van der Waals surface area contributed by atoms with Crippen LogP contribution in [-0.4, -0.2) is 48.1 Å². The zero-order chi connectivity index (χ0) is 14.1. The minimum absolute atomic E-state index is 0.0849. The van der Waals surface area contributed by atoms with Crippen LogP contribution in [0.2, 0.25) is 0 Å². The van der Waals surface area contributed by atoms with E-state index in [0.29, 0.717) is 5.78 Å². The first-order chi connectivity index (χ1) is 9.70. The Morgan fingerprint density at radius 2 is 2.40 bits per heavy atom. The van der Waals surface area contributed by atoms with Crippen molar-refractivity contribution in [2.45, 2.75) is 32.1 Å². The molecule has 0 spiro atoms. The van der Waals surface area contributed by atoms with Crippen molar-refractivity contribution < 1.29 is 4.79 Å². The highest BCUT2D eigenvalue weighted by Crippen LogP contribution is 2.28. The highest BCUT2D eigenvalue weighted by Gasteiger charge is 2.31. The molecular weight excluding hydrogens is 274 g/mol. The average molecular weight is 291 g/mol. The van der Waals surface area contributed by atoms with E-state index in [9.17, 15) is 4.79 Å². The van der Waals surface area contributed by atoms with Gasteiger partial charge in [0.05, 0.1) is 5.37 Å². The quantitative estimate of drug-likeness (QED) is 0.862. The summed E-state index contributed by atoms with van der Waals surface area (Å²) in [6.45, 7) is 4.83. The Morgan fingerprint density at radius 1 is 1.55 bits per heavy atom. The Morgan fingerprint density at radius 3 is 3.15 bits per heavy atom. The lowest BCUT2D eigenvalue weighted by Gasteiger charge is -2.21. The molecule has 1 fully saturated rings. The van der Waals surface area contributed by atoms with Crippen LogP contribution in [0.4, 0.5) is 0 Å². The topological polar surface area (TPSA) is 63.4 Å². The number of nitrogens with zero attached hydrogens (tertiary/aromatic N) is 5. The molecule has 0 saturated carbocycles. The summed E-state index contributed by atoms with van der Waals surface area (Å²) >= 11 is 1.84. The zero-order valence-electron chi connectivity index (χ0n) is 11.6. The lowest BCUT2D eigenvalue weighted by molar-refractivity contribution is 0.0744. The first kappa shape index (κ1) is 13.4. The van der Waals surface area contributed by atoms with Gasteiger partial charge in [0.25, 0.3) is 11.7 Å². The molecule has 0 bridgehead atoms. The molecule has 7 heteroatoms. The number of aromatic nitrogens is 4. The van der Waals surface area contributed by atoms with Crippen molar-refractivity contribution in [3.8, 4) is 0 Å². The maximum Gasteiger partial charge on any atom is 0.294 e. The second kappa shape index (κ2) is 5.40. The van der Waals surface area contributed by atoms with Gasteiger partial charge in [0.15, 0.2) is 0 Å². The molecule has 0 aliphatic carbocycles. The van der Waals surface area contributed by atoms with E-state index in [1.807, 2.05) is 29.7 Å². The molecule has 3 heterocycles. The largest absolute Gasteiger partial charge is 0.323 e. The summed E-state index contributed by atoms with van der Waals surface area (Å²) in [6, 6.07) is 1.85. The van der Waals surface area contributed by atoms with E-state index in [1.165, 1.54) is 0 Å². The lowest BCUT2D eigenvalue weighted by atomic mass is 10.3. The van der Waals surface area contributed by atoms with Crippen LogP contribution >= 0.6 is 11.8 Å². The predicted octanol–water partition coefficient (Wildman–Crippen LogP) is 1.75. The summed E-state index contributed by atoms with van der Waals surface area (Å²) in [5.41, 5.74) is 0.919. The standard InChI is InChI=1S/C13H17N5OS/c1-3-4-10-17(7-8-20-10)12(19)11-15-13-14-6-5-9(2)18(13)16-11/h5-6,10H,3-4,7-8H2,1-2H3. The number of aryl methyl sites for hydroxylation is 1. The molecule has 1 aliphatic rings. The van der Waals surface area contributed by atoms with E-state index in [1.54, 1.807) is 10.7 Å². The number of rotatable bonds is 3. The Labute approximate surface area is 121 Å². The van der Waals surface area contributed by atoms with E-state index in [0.717, 1.165) is 30.8 Å².